The van der Waals surface area contributed by atoms with Gasteiger partial charge in [0.05, 0.1) is 25.4 Å². The van der Waals surface area contributed by atoms with Crippen LogP contribution in [0.4, 0.5) is 0 Å². The van der Waals surface area contributed by atoms with Crippen molar-refractivity contribution in [2.75, 3.05) is 13.2 Å². The Kier molecular flexibility index (Phi) is 68.4. The second-order valence-corrected chi connectivity index (χ2v) is 24.9. The Morgan fingerprint density at radius 2 is 0.617 bits per heavy atom. The first-order chi connectivity index (χ1) is 40.0. The van der Waals surface area contributed by atoms with Gasteiger partial charge in [-0.2, -0.15) is 0 Å². The number of unbranched alkanes of at least 4 members (excludes halogenated alkanes) is 51. The van der Waals surface area contributed by atoms with E-state index >= 15 is 0 Å². The van der Waals surface area contributed by atoms with Crippen LogP contribution in [0, 0.1) is 0 Å². The van der Waals surface area contributed by atoms with Crippen LogP contribution in [-0.2, 0) is 14.3 Å². The molecule has 0 aromatic carbocycles. The lowest BCUT2D eigenvalue weighted by molar-refractivity contribution is -0.143. The summed E-state index contributed by atoms with van der Waals surface area (Å²) in [6.07, 6.45) is 91.9. The molecule has 0 rings (SSSR count). The number of hydrogen-bond acceptors (Lipinski definition) is 5. The molecule has 6 heteroatoms. The third-order valence-electron chi connectivity index (χ3n) is 16.8. The summed E-state index contributed by atoms with van der Waals surface area (Å²) in [7, 11) is 0. The van der Waals surface area contributed by atoms with Crippen molar-refractivity contribution in [2.45, 2.75) is 405 Å². The molecule has 3 N–H and O–H groups in total. The number of rotatable bonds is 68. The fourth-order valence-electron chi connectivity index (χ4n) is 11.3. The van der Waals surface area contributed by atoms with Gasteiger partial charge in [-0.05, 0) is 89.9 Å². The van der Waals surface area contributed by atoms with Gasteiger partial charge in [-0.25, -0.2) is 0 Å². The molecule has 0 aromatic rings. The number of hydrogen-bond donors (Lipinski definition) is 3. The maximum absolute atomic E-state index is 12.5. The first-order valence-electron chi connectivity index (χ1n) is 36.4. The molecule has 6 nitrogen and oxygen atoms in total. The number of amides is 1. The van der Waals surface area contributed by atoms with Gasteiger partial charge in [-0.15, -0.1) is 0 Å². The van der Waals surface area contributed by atoms with Crippen LogP contribution in [0.15, 0.2) is 48.6 Å². The van der Waals surface area contributed by atoms with Gasteiger partial charge in [0.15, 0.2) is 0 Å². The van der Waals surface area contributed by atoms with Crippen LogP contribution in [0.25, 0.3) is 0 Å². The Bertz CT molecular complexity index is 1360. The average Bonchev–Trinajstić information content (AvgIpc) is 3.47. The topological polar surface area (TPSA) is 95.9 Å². The van der Waals surface area contributed by atoms with Crippen molar-refractivity contribution in [1.29, 1.82) is 0 Å². The maximum Gasteiger partial charge on any atom is 0.305 e. The quantitative estimate of drug-likeness (QED) is 0.0320. The number of esters is 1. The predicted octanol–water partition coefficient (Wildman–Crippen LogP) is 23.6. The van der Waals surface area contributed by atoms with E-state index in [1.807, 2.05) is 6.08 Å². The standard InChI is InChI=1S/C75H141NO5/c1-3-5-7-9-11-13-15-17-19-21-23-24-28-32-35-39-43-47-51-55-59-63-67-73(78)72(71-77)76-74(79)68-64-60-56-52-48-44-40-36-33-29-26-25-27-30-34-38-42-46-50-54-58-62-66-70-81-75(80)69-65-61-57-53-49-45-41-37-31-22-20-18-16-14-12-10-8-6-4-2/h12,14,18,20,29,33,63,67,72-73,77-78H,3-11,13,15-17,19,21-28,30-32,34-62,64-66,68-71H2,1-2H3,(H,76,79)/b14-12-,20-18-,33-29-,67-63+. The van der Waals surface area contributed by atoms with Crippen LogP contribution in [-0.4, -0.2) is 47.4 Å². The first-order valence-corrected chi connectivity index (χ1v) is 36.4. The smallest absolute Gasteiger partial charge is 0.305 e. The molecule has 0 aliphatic carbocycles. The monoisotopic (exact) mass is 1140 g/mol. The van der Waals surface area contributed by atoms with E-state index in [0.29, 0.717) is 19.4 Å². The Labute approximate surface area is 506 Å². The van der Waals surface area contributed by atoms with E-state index < -0.39 is 12.1 Å². The van der Waals surface area contributed by atoms with Gasteiger partial charge in [0.1, 0.15) is 0 Å². The lowest BCUT2D eigenvalue weighted by atomic mass is 10.0. The van der Waals surface area contributed by atoms with Gasteiger partial charge < -0.3 is 20.3 Å². The zero-order valence-electron chi connectivity index (χ0n) is 54.5. The highest BCUT2D eigenvalue weighted by molar-refractivity contribution is 5.76. The summed E-state index contributed by atoms with van der Waals surface area (Å²) >= 11 is 0. The molecular weight excluding hydrogens is 995 g/mol. The highest BCUT2D eigenvalue weighted by Crippen LogP contribution is 2.18. The van der Waals surface area contributed by atoms with Crippen LogP contribution in [0.1, 0.15) is 393 Å². The molecule has 0 saturated heterocycles. The van der Waals surface area contributed by atoms with Crippen LogP contribution in [0.3, 0.4) is 0 Å². The van der Waals surface area contributed by atoms with Gasteiger partial charge in [0.2, 0.25) is 5.91 Å². The molecule has 0 radical (unpaired) electrons. The number of aliphatic hydroxyl groups is 2. The molecular formula is C75H141NO5. The highest BCUT2D eigenvalue weighted by atomic mass is 16.5. The molecule has 0 fully saturated rings. The fraction of sp³-hybridized carbons (Fsp3) is 0.867. The van der Waals surface area contributed by atoms with E-state index in [-0.39, 0.29) is 18.5 Å². The van der Waals surface area contributed by atoms with E-state index in [9.17, 15) is 19.8 Å². The normalized spacial score (nSPS) is 12.8. The van der Waals surface area contributed by atoms with Gasteiger partial charge >= 0.3 is 5.97 Å². The molecule has 0 spiro atoms. The van der Waals surface area contributed by atoms with Crippen molar-refractivity contribution >= 4 is 11.9 Å². The first kappa shape index (κ1) is 78.8. The second-order valence-electron chi connectivity index (χ2n) is 24.9. The van der Waals surface area contributed by atoms with Crippen molar-refractivity contribution in [3.05, 3.63) is 48.6 Å². The number of nitrogens with one attached hydrogen (secondary N) is 1. The third-order valence-corrected chi connectivity index (χ3v) is 16.8. The summed E-state index contributed by atoms with van der Waals surface area (Å²) in [5.74, 6) is -0.0634. The van der Waals surface area contributed by atoms with Gasteiger partial charge in [-0.1, -0.05) is 339 Å². The van der Waals surface area contributed by atoms with Crippen molar-refractivity contribution in [3.8, 4) is 0 Å². The second kappa shape index (κ2) is 70.3. The summed E-state index contributed by atoms with van der Waals surface area (Å²) in [4.78, 5) is 24.6. The van der Waals surface area contributed by atoms with E-state index in [0.717, 1.165) is 57.8 Å². The summed E-state index contributed by atoms with van der Waals surface area (Å²) < 4.78 is 5.50. The summed E-state index contributed by atoms with van der Waals surface area (Å²) in [6.45, 7) is 4.91. The highest BCUT2D eigenvalue weighted by Gasteiger charge is 2.18. The number of ether oxygens (including phenoxy) is 1. The number of carbonyl (C=O) groups excluding carboxylic acids is 2. The molecule has 0 aromatic heterocycles. The molecule has 2 atom stereocenters. The van der Waals surface area contributed by atoms with E-state index in [4.69, 9.17) is 4.74 Å². The van der Waals surface area contributed by atoms with Crippen molar-refractivity contribution in [3.63, 3.8) is 0 Å². The molecule has 81 heavy (non-hydrogen) atoms. The van der Waals surface area contributed by atoms with Crippen molar-refractivity contribution in [1.82, 2.24) is 5.32 Å². The molecule has 2 unspecified atom stereocenters. The summed E-state index contributed by atoms with van der Waals surface area (Å²) in [6, 6.07) is -0.635. The van der Waals surface area contributed by atoms with Crippen LogP contribution >= 0.6 is 0 Å². The van der Waals surface area contributed by atoms with Crippen molar-refractivity contribution in [2.24, 2.45) is 0 Å². The number of allylic oxidation sites excluding steroid dienone is 7. The maximum atomic E-state index is 12.5. The zero-order valence-corrected chi connectivity index (χ0v) is 54.5. The lowest BCUT2D eigenvalue weighted by Gasteiger charge is -2.20. The Morgan fingerprint density at radius 3 is 0.975 bits per heavy atom. The predicted molar refractivity (Wildman–Crippen MR) is 356 cm³/mol. The number of aliphatic hydroxyl groups excluding tert-OH is 2. The number of carbonyl (C=O) groups is 2. The molecule has 476 valence electrons. The Morgan fingerprint density at radius 1 is 0.346 bits per heavy atom. The van der Waals surface area contributed by atoms with E-state index in [1.54, 1.807) is 6.08 Å². The zero-order chi connectivity index (χ0) is 58.5. The molecule has 0 bridgehead atoms. The minimum atomic E-state index is -0.851. The lowest BCUT2D eigenvalue weighted by Crippen LogP contribution is -2.45. The molecule has 0 aliphatic rings. The molecule has 1 amide bonds. The van der Waals surface area contributed by atoms with Crippen LogP contribution in [0.2, 0.25) is 0 Å². The Hall–Kier alpha value is -2.18. The van der Waals surface area contributed by atoms with Crippen LogP contribution in [0.5, 0.6) is 0 Å². The van der Waals surface area contributed by atoms with Crippen molar-refractivity contribution < 1.29 is 24.5 Å². The minimum Gasteiger partial charge on any atom is -0.466 e. The van der Waals surface area contributed by atoms with Crippen LogP contribution < -0.4 is 5.32 Å². The largest absolute Gasteiger partial charge is 0.466 e. The average molecular weight is 1140 g/mol. The molecule has 0 heterocycles. The van der Waals surface area contributed by atoms with Gasteiger partial charge in [0.25, 0.3) is 0 Å². The SMILES string of the molecule is CCCCC/C=C\C/C=C\CCCCCCCCCCCC(=O)OCCCCCCCCCCCCCC/C=C\CCCCCCCCCC(=O)NC(CO)C(O)/C=C/CCCCCCCCCCCCCCCCCCCCCC. The molecule has 0 aliphatic heterocycles. The summed E-state index contributed by atoms with van der Waals surface area (Å²) in [5, 5.41) is 23.3. The van der Waals surface area contributed by atoms with Gasteiger partial charge in [0, 0.05) is 12.8 Å². The van der Waals surface area contributed by atoms with E-state index in [2.05, 4.69) is 55.6 Å². The van der Waals surface area contributed by atoms with Gasteiger partial charge in [-0.3, -0.25) is 9.59 Å². The Balaban J connectivity index is 3.43. The summed E-state index contributed by atoms with van der Waals surface area (Å²) in [5.41, 5.74) is 0. The minimum absolute atomic E-state index is 0.00762. The fourth-order valence-corrected chi connectivity index (χ4v) is 11.3. The third kappa shape index (κ3) is 66.8. The van der Waals surface area contributed by atoms with E-state index in [1.165, 1.54) is 308 Å². The molecule has 0 saturated carbocycles.